The Morgan fingerprint density at radius 3 is 2.44 bits per heavy atom. The number of amides is 5. The molecule has 5 amide bonds. The molecule has 2 aromatic carbocycles. The number of hydrogen-bond donors (Lipinski definition) is 3. The summed E-state index contributed by atoms with van der Waals surface area (Å²) in [7, 11) is 1.52. The molecule has 1 saturated heterocycles. The van der Waals surface area contributed by atoms with Crippen molar-refractivity contribution in [2.75, 3.05) is 24.3 Å². The van der Waals surface area contributed by atoms with Gasteiger partial charge in [-0.25, -0.2) is 4.79 Å². The van der Waals surface area contributed by atoms with Gasteiger partial charge in [0.1, 0.15) is 17.8 Å². The number of rotatable bonds is 7. The number of anilines is 2. The highest BCUT2D eigenvalue weighted by molar-refractivity contribution is 6.10. The lowest BCUT2D eigenvalue weighted by atomic mass is 9.96. The van der Waals surface area contributed by atoms with Gasteiger partial charge in [0.2, 0.25) is 5.91 Å². The molecule has 1 unspecified atom stereocenters. The van der Waals surface area contributed by atoms with Gasteiger partial charge in [-0.2, -0.15) is 0 Å². The minimum Gasteiger partial charge on any atom is -0.495 e. The van der Waals surface area contributed by atoms with Gasteiger partial charge >= 0.3 is 6.03 Å². The molecule has 1 heterocycles. The molecule has 3 N–H and O–H groups in total. The van der Waals surface area contributed by atoms with Gasteiger partial charge in [0.05, 0.1) is 12.8 Å². The van der Waals surface area contributed by atoms with Crippen LogP contribution in [0, 0.1) is 5.92 Å². The first-order valence-electron chi connectivity index (χ1n) is 10.3. The van der Waals surface area contributed by atoms with Crippen molar-refractivity contribution in [2.45, 2.75) is 25.3 Å². The van der Waals surface area contributed by atoms with E-state index in [1.54, 1.807) is 55.5 Å². The van der Waals surface area contributed by atoms with Crippen molar-refractivity contribution >= 4 is 35.1 Å². The molecule has 0 aromatic heterocycles. The summed E-state index contributed by atoms with van der Waals surface area (Å²) >= 11 is 0. The molecule has 1 aliphatic carbocycles. The Balaban J connectivity index is 1.35. The highest BCUT2D eigenvalue weighted by Crippen LogP contribution is 2.42. The number of hydrogen-bond acceptors (Lipinski definition) is 5. The average Bonchev–Trinajstić information content (AvgIpc) is 3.61. The van der Waals surface area contributed by atoms with Crippen LogP contribution in [0.15, 0.2) is 48.5 Å². The summed E-state index contributed by atoms with van der Waals surface area (Å²) in [6.45, 7) is 1.33. The van der Waals surface area contributed by atoms with E-state index >= 15 is 0 Å². The lowest BCUT2D eigenvalue weighted by Crippen LogP contribution is -2.46. The topological polar surface area (TPSA) is 117 Å². The molecule has 1 atom stereocenters. The summed E-state index contributed by atoms with van der Waals surface area (Å²) in [4.78, 5) is 50.7. The molecule has 9 heteroatoms. The van der Waals surface area contributed by atoms with E-state index in [2.05, 4.69) is 16.0 Å². The first kappa shape index (κ1) is 21.4. The average molecular weight is 436 g/mol. The van der Waals surface area contributed by atoms with Crippen molar-refractivity contribution < 1.29 is 23.9 Å². The quantitative estimate of drug-likeness (QED) is 0.577. The van der Waals surface area contributed by atoms with E-state index < -0.39 is 17.5 Å². The minimum atomic E-state index is -0.923. The predicted octanol–water partition coefficient (Wildman–Crippen LogP) is 2.61. The van der Waals surface area contributed by atoms with Gasteiger partial charge in [0.25, 0.3) is 11.8 Å². The fourth-order valence-electron chi connectivity index (χ4n) is 3.79. The Morgan fingerprint density at radius 2 is 1.78 bits per heavy atom. The highest BCUT2D eigenvalue weighted by atomic mass is 16.5. The molecule has 1 aliphatic heterocycles. The van der Waals surface area contributed by atoms with Gasteiger partial charge in [0.15, 0.2) is 0 Å². The maximum absolute atomic E-state index is 12.6. The number of para-hydroxylation sites is 2. The smallest absolute Gasteiger partial charge is 0.325 e. The number of imide groups is 1. The molecule has 166 valence electrons. The third kappa shape index (κ3) is 4.14. The van der Waals surface area contributed by atoms with Crippen molar-refractivity contribution in [3.8, 4) is 5.75 Å². The van der Waals surface area contributed by atoms with E-state index in [0.29, 0.717) is 22.7 Å². The molecule has 4 rings (SSSR count). The van der Waals surface area contributed by atoms with Gasteiger partial charge in [-0.3, -0.25) is 19.3 Å². The van der Waals surface area contributed by atoms with Gasteiger partial charge < -0.3 is 20.7 Å². The standard InChI is InChI=1S/C23H24N4O5/c1-23(15-9-10-15)21(30)27(22(31)26-23)13-19(28)24-16-11-7-14(8-12-16)20(29)25-17-5-3-4-6-18(17)32-2/h3-8,11-12,15H,9-10,13H2,1-2H3,(H,24,28)(H,25,29)(H,26,31). The molecule has 0 radical (unpaired) electrons. The van der Waals surface area contributed by atoms with E-state index in [0.717, 1.165) is 17.7 Å². The number of methoxy groups -OCH3 is 1. The normalized spacial score (nSPS) is 20.0. The van der Waals surface area contributed by atoms with Crippen LogP contribution >= 0.6 is 0 Å². The lowest BCUT2D eigenvalue weighted by Gasteiger charge is -2.20. The number of nitrogens with one attached hydrogen (secondary N) is 3. The van der Waals surface area contributed by atoms with E-state index in [1.165, 1.54) is 7.11 Å². The van der Waals surface area contributed by atoms with Crippen LogP contribution in [-0.2, 0) is 9.59 Å². The monoisotopic (exact) mass is 436 g/mol. The second-order valence-corrected chi connectivity index (χ2v) is 8.08. The lowest BCUT2D eigenvalue weighted by molar-refractivity contribution is -0.134. The number of urea groups is 1. The Bertz CT molecular complexity index is 1080. The van der Waals surface area contributed by atoms with Gasteiger partial charge in [-0.1, -0.05) is 12.1 Å². The molecular weight excluding hydrogens is 412 g/mol. The van der Waals surface area contributed by atoms with Gasteiger partial charge in [-0.15, -0.1) is 0 Å². The zero-order valence-corrected chi connectivity index (χ0v) is 17.8. The van der Waals surface area contributed by atoms with Crippen molar-refractivity contribution in [1.82, 2.24) is 10.2 Å². The maximum Gasteiger partial charge on any atom is 0.325 e. The van der Waals surface area contributed by atoms with Crippen molar-refractivity contribution in [1.29, 1.82) is 0 Å². The molecule has 9 nitrogen and oxygen atoms in total. The summed E-state index contributed by atoms with van der Waals surface area (Å²) < 4.78 is 5.23. The summed E-state index contributed by atoms with van der Waals surface area (Å²) in [6, 6.07) is 12.8. The summed E-state index contributed by atoms with van der Waals surface area (Å²) in [5.74, 6) is -0.529. The fraction of sp³-hybridized carbons (Fsp3) is 0.304. The van der Waals surface area contributed by atoms with Crippen LogP contribution in [0.4, 0.5) is 16.2 Å². The number of carbonyl (C=O) groups is 4. The number of ether oxygens (including phenoxy) is 1. The van der Waals surface area contributed by atoms with E-state index in [-0.39, 0.29) is 24.3 Å². The fourth-order valence-corrected chi connectivity index (χ4v) is 3.79. The van der Waals surface area contributed by atoms with Crippen molar-refractivity contribution in [2.24, 2.45) is 5.92 Å². The largest absolute Gasteiger partial charge is 0.495 e. The van der Waals surface area contributed by atoms with Crippen molar-refractivity contribution in [3.63, 3.8) is 0 Å². The molecule has 32 heavy (non-hydrogen) atoms. The minimum absolute atomic E-state index is 0.126. The zero-order chi connectivity index (χ0) is 22.9. The third-order valence-corrected chi connectivity index (χ3v) is 5.78. The molecule has 2 aliphatic rings. The first-order chi connectivity index (χ1) is 15.3. The Labute approximate surface area is 185 Å². The number of benzene rings is 2. The SMILES string of the molecule is COc1ccccc1NC(=O)c1ccc(NC(=O)CN2C(=O)NC(C)(C3CC3)C2=O)cc1. The number of nitrogens with zero attached hydrogens (tertiary/aromatic N) is 1. The molecule has 2 fully saturated rings. The first-order valence-corrected chi connectivity index (χ1v) is 10.3. The Kier molecular flexibility index (Phi) is 5.56. The van der Waals surface area contributed by atoms with Crippen LogP contribution in [0.2, 0.25) is 0 Å². The van der Waals surface area contributed by atoms with Crippen LogP contribution in [0.3, 0.4) is 0 Å². The van der Waals surface area contributed by atoms with Crippen LogP contribution in [0.25, 0.3) is 0 Å². The molecule has 2 aromatic rings. The van der Waals surface area contributed by atoms with E-state index in [1.807, 2.05) is 0 Å². The second-order valence-electron chi connectivity index (χ2n) is 8.08. The summed E-state index contributed by atoms with van der Waals surface area (Å²) in [5.41, 5.74) is 0.460. The Hall–Kier alpha value is -3.88. The van der Waals surface area contributed by atoms with Crippen LogP contribution in [0.5, 0.6) is 5.75 Å². The van der Waals surface area contributed by atoms with Crippen LogP contribution < -0.4 is 20.7 Å². The summed E-state index contributed by atoms with van der Waals surface area (Å²) in [6.07, 6.45) is 1.78. The molecular formula is C23H24N4O5. The Morgan fingerprint density at radius 1 is 1.09 bits per heavy atom. The van der Waals surface area contributed by atoms with Gasteiger partial charge in [-0.05, 0) is 62.1 Å². The highest BCUT2D eigenvalue weighted by Gasteiger charge is 2.56. The van der Waals surface area contributed by atoms with Gasteiger partial charge in [0, 0.05) is 11.3 Å². The van der Waals surface area contributed by atoms with Crippen molar-refractivity contribution in [3.05, 3.63) is 54.1 Å². The zero-order valence-electron chi connectivity index (χ0n) is 17.8. The van der Waals surface area contributed by atoms with E-state index in [4.69, 9.17) is 4.74 Å². The molecule has 0 bridgehead atoms. The van der Waals surface area contributed by atoms with Crippen LogP contribution in [-0.4, -0.2) is 47.8 Å². The number of carbonyl (C=O) groups excluding carboxylic acids is 4. The summed E-state index contributed by atoms with van der Waals surface area (Å²) in [5, 5.41) is 8.14. The predicted molar refractivity (Wildman–Crippen MR) is 117 cm³/mol. The molecule has 0 spiro atoms. The maximum atomic E-state index is 12.6. The van der Waals surface area contributed by atoms with Crippen LogP contribution in [0.1, 0.15) is 30.1 Å². The second kappa shape index (κ2) is 8.33. The molecule has 1 saturated carbocycles. The third-order valence-electron chi connectivity index (χ3n) is 5.78. The van der Waals surface area contributed by atoms with E-state index in [9.17, 15) is 19.2 Å².